The summed E-state index contributed by atoms with van der Waals surface area (Å²) in [4.78, 5) is 3.76. The van der Waals surface area contributed by atoms with E-state index >= 15 is 0 Å². The van der Waals surface area contributed by atoms with Gasteiger partial charge in [0.15, 0.2) is 0 Å². The van der Waals surface area contributed by atoms with Crippen LogP contribution < -0.4 is 5.32 Å². The number of piperidine rings is 1. The van der Waals surface area contributed by atoms with Crippen LogP contribution in [0.25, 0.3) is 0 Å². The van der Waals surface area contributed by atoms with Gasteiger partial charge in [0.05, 0.1) is 0 Å². The lowest BCUT2D eigenvalue weighted by molar-refractivity contribution is 0.245. The lowest BCUT2D eigenvalue weighted by Crippen LogP contribution is -2.38. The van der Waals surface area contributed by atoms with Gasteiger partial charge in [-0.15, -0.1) is 0 Å². The molecule has 1 fully saturated rings. The van der Waals surface area contributed by atoms with Crippen molar-refractivity contribution < 1.29 is 0 Å². The van der Waals surface area contributed by atoms with Crippen molar-refractivity contribution in [3.05, 3.63) is 47.2 Å². The Morgan fingerprint density at radius 2 is 1.75 bits per heavy atom. The zero-order valence-corrected chi connectivity index (χ0v) is 15.9. The highest BCUT2D eigenvalue weighted by atomic mass is 32.1. The van der Waals surface area contributed by atoms with E-state index in [1.807, 2.05) is 0 Å². The van der Waals surface area contributed by atoms with Gasteiger partial charge in [0, 0.05) is 23.7 Å². The van der Waals surface area contributed by atoms with E-state index in [2.05, 4.69) is 54.4 Å². The summed E-state index contributed by atoms with van der Waals surface area (Å²) in [6.07, 6.45) is 6.19. The predicted octanol–water partition coefficient (Wildman–Crippen LogP) is 4.71. The number of nitrogens with one attached hydrogen (secondary N) is 1. The summed E-state index contributed by atoms with van der Waals surface area (Å²) in [6, 6.07) is 10.7. The Hall–Kier alpha value is -1.19. The van der Waals surface area contributed by atoms with E-state index in [0.29, 0.717) is 0 Å². The van der Waals surface area contributed by atoms with Gasteiger partial charge in [0.1, 0.15) is 0 Å². The average molecular weight is 343 g/mol. The average Bonchev–Trinajstić information content (AvgIpc) is 2.57. The molecule has 2 nitrogen and oxygen atoms in total. The van der Waals surface area contributed by atoms with E-state index in [9.17, 15) is 0 Å². The molecule has 3 heteroatoms. The highest BCUT2D eigenvalue weighted by Crippen LogP contribution is 2.37. The molecule has 0 saturated carbocycles. The van der Waals surface area contributed by atoms with E-state index in [0.717, 1.165) is 25.9 Å². The number of likely N-dealkylation sites (tertiary alicyclic amines) is 1. The Kier molecular flexibility index (Phi) is 5.72. The molecule has 0 radical (unpaired) electrons. The molecule has 0 bridgehead atoms. The topological polar surface area (TPSA) is 15.3 Å². The Morgan fingerprint density at radius 3 is 2.46 bits per heavy atom. The van der Waals surface area contributed by atoms with Gasteiger partial charge in [-0.05, 0) is 55.3 Å². The summed E-state index contributed by atoms with van der Waals surface area (Å²) in [5.74, 6) is 0. The maximum absolute atomic E-state index is 5.83. The normalized spacial score (nSPS) is 21.8. The molecule has 1 aromatic carbocycles. The molecular formula is C21H30N2S. The molecule has 0 spiro atoms. The third-order valence-electron chi connectivity index (χ3n) is 5.17. The number of allylic oxidation sites excluding steroid dienone is 1. The lowest BCUT2D eigenvalue weighted by atomic mass is 9.76. The van der Waals surface area contributed by atoms with Crippen LogP contribution in [0, 0.1) is 5.41 Å². The van der Waals surface area contributed by atoms with Crippen LogP contribution in [0.3, 0.4) is 0 Å². The van der Waals surface area contributed by atoms with Crippen LogP contribution in [0.15, 0.2) is 41.6 Å². The fraction of sp³-hybridized carbons (Fsp3) is 0.571. The van der Waals surface area contributed by atoms with Gasteiger partial charge in [-0.3, -0.25) is 4.90 Å². The number of thiocarbonyl (C=S) groups is 1. The first-order valence-electron chi connectivity index (χ1n) is 9.29. The fourth-order valence-electron chi connectivity index (χ4n) is 3.86. The van der Waals surface area contributed by atoms with Crippen molar-refractivity contribution in [2.24, 2.45) is 5.41 Å². The van der Waals surface area contributed by atoms with Crippen molar-refractivity contribution in [3.8, 4) is 0 Å². The number of nitrogens with zero attached hydrogens (tertiary/aromatic N) is 1. The number of rotatable bonds is 5. The molecule has 1 aromatic rings. The minimum Gasteiger partial charge on any atom is -0.384 e. The van der Waals surface area contributed by atoms with Crippen LogP contribution in [0.2, 0.25) is 0 Å². The molecule has 1 heterocycles. The Balaban J connectivity index is 1.76. The molecule has 1 aliphatic carbocycles. The summed E-state index contributed by atoms with van der Waals surface area (Å²) >= 11 is 5.83. The Morgan fingerprint density at radius 1 is 1.04 bits per heavy atom. The number of hydrogen-bond acceptors (Lipinski definition) is 3. The van der Waals surface area contributed by atoms with Crippen molar-refractivity contribution in [1.82, 2.24) is 10.2 Å². The quantitative estimate of drug-likeness (QED) is 0.781. The molecule has 24 heavy (non-hydrogen) atoms. The van der Waals surface area contributed by atoms with Crippen LogP contribution >= 0.6 is 12.2 Å². The summed E-state index contributed by atoms with van der Waals surface area (Å²) in [7, 11) is 0. The van der Waals surface area contributed by atoms with Crippen LogP contribution in [0.4, 0.5) is 0 Å². The van der Waals surface area contributed by atoms with Crippen LogP contribution in [0.5, 0.6) is 0 Å². The molecule has 1 saturated heterocycles. The molecule has 0 amide bonds. The first kappa shape index (κ1) is 17.6. The minimum atomic E-state index is 0.265. The van der Waals surface area contributed by atoms with Gasteiger partial charge in [0.25, 0.3) is 0 Å². The summed E-state index contributed by atoms with van der Waals surface area (Å²) < 4.78 is 0. The van der Waals surface area contributed by atoms with Crippen molar-refractivity contribution in [1.29, 1.82) is 0 Å². The van der Waals surface area contributed by atoms with E-state index in [1.165, 1.54) is 54.1 Å². The molecule has 2 aliphatic rings. The van der Waals surface area contributed by atoms with E-state index in [1.54, 1.807) is 0 Å². The third-order valence-corrected chi connectivity index (χ3v) is 5.57. The van der Waals surface area contributed by atoms with Gasteiger partial charge >= 0.3 is 0 Å². The number of benzene rings is 1. The van der Waals surface area contributed by atoms with E-state index in [-0.39, 0.29) is 5.41 Å². The zero-order chi connectivity index (χ0) is 17.0. The highest BCUT2D eigenvalue weighted by molar-refractivity contribution is 7.80. The Labute approximate surface area is 152 Å². The van der Waals surface area contributed by atoms with Crippen LogP contribution in [-0.4, -0.2) is 29.4 Å². The van der Waals surface area contributed by atoms with Gasteiger partial charge < -0.3 is 5.32 Å². The summed E-state index contributed by atoms with van der Waals surface area (Å²) in [6.45, 7) is 9.04. The first-order chi connectivity index (χ1) is 11.5. The standard InChI is InChI=1S/C21H30N2S/c1-21(2)13-19(22-15-17-9-5-3-6-10-17)18(20(24)14-21)16-23-11-7-4-8-12-23/h3,5-6,9-10,22H,4,7-8,11-16H2,1-2H3. The van der Waals surface area contributed by atoms with Crippen LogP contribution in [-0.2, 0) is 6.54 Å². The van der Waals surface area contributed by atoms with Gasteiger partial charge in [-0.2, -0.15) is 0 Å². The van der Waals surface area contributed by atoms with Crippen molar-refractivity contribution in [2.75, 3.05) is 19.6 Å². The fourth-order valence-corrected chi connectivity index (χ4v) is 4.43. The predicted molar refractivity (Wildman–Crippen MR) is 106 cm³/mol. The first-order valence-corrected chi connectivity index (χ1v) is 9.70. The van der Waals surface area contributed by atoms with Crippen LogP contribution in [0.1, 0.15) is 51.5 Å². The Bertz CT molecular complexity index is 598. The van der Waals surface area contributed by atoms with Gasteiger partial charge in [-0.1, -0.05) is 62.8 Å². The largest absolute Gasteiger partial charge is 0.384 e. The van der Waals surface area contributed by atoms with Crippen molar-refractivity contribution in [3.63, 3.8) is 0 Å². The second-order valence-corrected chi connectivity index (χ2v) is 8.57. The zero-order valence-electron chi connectivity index (χ0n) is 15.1. The SMILES string of the molecule is CC1(C)CC(=S)C(CN2CCCCC2)=C(NCc2ccccc2)C1. The second-order valence-electron chi connectivity index (χ2n) is 8.07. The summed E-state index contributed by atoms with van der Waals surface area (Å²) in [5.41, 5.74) is 4.38. The highest BCUT2D eigenvalue weighted by Gasteiger charge is 2.31. The molecule has 0 unspecified atom stereocenters. The van der Waals surface area contributed by atoms with Gasteiger partial charge in [0.2, 0.25) is 0 Å². The van der Waals surface area contributed by atoms with Crippen molar-refractivity contribution in [2.45, 2.75) is 52.5 Å². The second kappa shape index (κ2) is 7.79. The molecule has 0 atom stereocenters. The molecule has 0 aromatic heterocycles. The lowest BCUT2D eigenvalue weighted by Gasteiger charge is -2.37. The third kappa shape index (κ3) is 4.67. The van der Waals surface area contributed by atoms with E-state index in [4.69, 9.17) is 12.2 Å². The molecule has 130 valence electrons. The maximum atomic E-state index is 5.83. The smallest absolute Gasteiger partial charge is 0.0397 e. The molecule has 1 aliphatic heterocycles. The molecule has 1 N–H and O–H groups in total. The van der Waals surface area contributed by atoms with Crippen molar-refractivity contribution >= 4 is 17.1 Å². The molecular weight excluding hydrogens is 312 g/mol. The summed E-state index contributed by atoms with van der Waals surface area (Å²) in [5, 5.41) is 3.73. The molecule has 3 rings (SSSR count). The number of hydrogen-bond donors (Lipinski definition) is 1. The van der Waals surface area contributed by atoms with E-state index < -0.39 is 0 Å². The maximum Gasteiger partial charge on any atom is 0.0397 e. The minimum absolute atomic E-state index is 0.265. The monoisotopic (exact) mass is 342 g/mol. The van der Waals surface area contributed by atoms with Gasteiger partial charge in [-0.25, -0.2) is 0 Å².